The Bertz CT molecular complexity index is 3640. The van der Waals surface area contributed by atoms with Crippen molar-refractivity contribution in [3.63, 3.8) is 0 Å². The molecule has 12 aromatic rings. The van der Waals surface area contributed by atoms with Gasteiger partial charge in [0.15, 0.2) is 0 Å². The summed E-state index contributed by atoms with van der Waals surface area (Å²) in [7, 11) is 0. The minimum atomic E-state index is 1.08. The molecule has 0 saturated carbocycles. The van der Waals surface area contributed by atoms with E-state index in [2.05, 4.69) is 264 Å². The largest absolute Gasteiger partial charge is 0.310 e. The second-order valence-electron chi connectivity index (χ2n) is 16.5. The zero-order valence-electron chi connectivity index (χ0n) is 35.1. The van der Waals surface area contributed by atoms with Crippen LogP contribution >= 0.6 is 0 Å². The number of hydrogen-bond acceptors (Lipinski definition) is 1. The van der Waals surface area contributed by atoms with Crippen LogP contribution in [0.2, 0.25) is 0 Å². The maximum atomic E-state index is 2.46. The van der Waals surface area contributed by atoms with Crippen molar-refractivity contribution in [2.75, 3.05) is 4.90 Å². The zero-order valence-corrected chi connectivity index (χ0v) is 35.1. The molecule has 0 bridgehead atoms. The van der Waals surface area contributed by atoms with Crippen molar-refractivity contribution in [1.82, 2.24) is 4.57 Å². The Morgan fingerprint density at radius 2 is 0.797 bits per heavy atom. The van der Waals surface area contributed by atoms with Gasteiger partial charge in [-0.05, 0) is 110 Å². The van der Waals surface area contributed by atoms with Crippen LogP contribution in [0.3, 0.4) is 0 Å². The van der Waals surface area contributed by atoms with Crippen LogP contribution in [-0.4, -0.2) is 4.57 Å². The van der Waals surface area contributed by atoms with Crippen molar-refractivity contribution >= 4 is 60.4 Å². The van der Waals surface area contributed by atoms with E-state index in [-0.39, 0.29) is 0 Å². The van der Waals surface area contributed by atoms with E-state index in [4.69, 9.17) is 0 Å². The Balaban J connectivity index is 0.998. The van der Waals surface area contributed by atoms with E-state index in [9.17, 15) is 0 Å². The molecule has 0 atom stereocenters. The third-order valence-electron chi connectivity index (χ3n) is 12.8. The van der Waals surface area contributed by atoms with Crippen LogP contribution in [0.5, 0.6) is 0 Å². The third kappa shape index (κ3) is 6.44. The van der Waals surface area contributed by atoms with E-state index in [1.54, 1.807) is 0 Å². The highest BCUT2D eigenvalue weighted by atomic mass is 15.1. The lowest BCUT2D eigenvalue weighted by Crippen LogP contribution is -2.11. The highest BCUT2D eigenvalue weighted by molar-refractivity contribution is 6.21. The highest BCUT2D eigenvalue weighted by Gasteiger charge is 2.21. The quantitative estimate of drug-likeness (QED) is 0.148. The molecule has 0 fully saturated rings. The summed E-state index contributed by atoms with van der Waals surface area (Å²) < 4.78 is 2.46. The Hall–Kier alpha value is -8.46. The lowest BCUT2D eigenvalue weighted by Gasteiger charge is -2.28. The first kappa shape index (κ1) is 37.3. The first-order valence-corrected chi connectivity index (χ1v) is 22.0. The summed E-state index contributed by atoms with van der Waals surface area (Å²) in [5.74, 6) is 0. The molecule has 0 N–H and O–H groups in total. The van der Waals surface area contributed by atoms with E-state index in [0.29, 0.717) is 0 Å². The Morgan fingerprint density at radius 1 is 0.281 bits per heavy atom. The van der Waals surface area contributed by atoms with Crippen LogP contribution in [0.25, 0.3) is 93.5 Å². The van der Waals surface area contributed by atoms with Crippen LogP contribution in [0, 0.1) is 0 Å². The summed E-state index contributed by atoms with van der Waals surface area (Å²) in [6.45, 7) is 0. The molecule has 1 aromatic heterocycles. The number of hydrogen-bond donors (Lipinski definition) is 0. The van der Waals surface area contributed by atoms with Gasteiger partial charge in [-0.1, -0.05) is 200 Å². The molecule has 11 aromatic carbocycles. The molecule has 0 unspecified atom stereocenters. The number of aromatic nitrogens is 1. The highest BCUT2D eigenvalue weighted by Crippen LogP contribution is 2.45. The van der Waals surface area contributed by atoms with Gasteiger partial charge in [-0.2, -0.15) is 0 Å². The monoisotopic (exact) mass is 814 g/mol. The Morgan fingerprint density at radius 3 is 1.53 bits per heavy atom. The molecule has 0 aliphatic rings. The van der Waals surface area contributed by atoms with Crippen LogP contribution in [0.4, 0.5) is 17.1 Å². The summed E-state index contributed by atoms with van der Waals surface area (Å²) in [4.78, 5) is 2.40. The van der Waals surface area contributed by atoms with E-state index in [0.717, 1.165) is 33.9 Å². The van der Waals surface area contributed by atoms with Crippen molar-refractivity contribution in [3.8, 4) is 50.2 Å². The maximum absolute atomic E-state index is 2.46. The molecule has 1 heterocycles. The smallest absolute Gasteiger partial charge is 0.0547 e. The number of nitrogens with zero attached hydrogens (tertiary/aromatic N) is 2. The fraction of sp³-hybridized carbons (Fsp3) is 0. The van der Waals surface area contributed by atoms with Gasteiger partial charge in [-0.15, -0.1) is 0 Å². The van der Waals surface area contributed by atoms with Crippen molar-refractivity contribution in [1.29, 1.82) is 0 Å². The van der Waals surface area contributed by atoms with Crippen molar-refractivity contribution < 1.29 is 0 Å². The second kappa shape index (κ2) is 15.8. The molecule has 0 radical (unpaired) electrons. The van der Waals surface area contributed by atoms with Crippen LogP contribution < -0.4 is 4.90 Å². The first-order chi connectivity index (χ1) is 31.8. The Kier molecular flexibility index (Phi) is 9.20. The second-order valence-corrected chi connectivity index (χ2v) is 16.5. The van der Waals surface area contributed by atoms with Crippen molar-refractivity contribution in [2.45, 2.75) is 0 Å². The number of rotatable bonds is 8. The van der Waals surface area contributed by atoms with Crippen molar-refractivity contribution in [3.05, 3.63) is 255 Å². The predicted molar refractivity (Wildman–Crippen MR) is 272 cm³/mol. The summed E-state index contributed by atoms with van der Waals surface area (Å²) in [5, 5.41) is 7.53. The Labute approximate surface area is 373 Å². The minimum absolute atomic E-state index is 1.08. The average Bonchev–Trinajstić information content (AvgIpc) is 3.72. The van der Waals surface area contributed by atoms with Gasteiger partial charge in [-0.25, -0.2) is 0 Å². The van der Waals surface area contributed by atoms with Crippen LogP contribution in [-0.2, 0) is 0 Å². The number of anilines is 3. The third-order valence-corrected chi connectivity index (χ3v) is 12.8. The van der Waals surface area contributed by atoms with Gasteiger partial charge < -0.3 is 9.47 Å². The first-order valence-electron chi connectivity index (χ1n) is 22.0. The van der Waals surface area contributed by atoms with Crippen LogP contribution in [0.1, 0.15) is 0 Å². The topological polar surface area (TPSA) is 8.17 Å². The zero-order chi connectivity index (χ0) is 42.4. The molecule has 12 rings (SSSR count). The lowest BCUT2D eigenvalue weighted by molar-refractivity contribution is 1.18. The van der Waals surface area contributed by atoms with E-state index in [1.165, 1.54) is 76.7 Å². The summed E-state index contributed by atoms with van der Waals surface area (Å²) in [6, 6.07) is 92.6. The number of benzene rings is 11. The molecule has 0 aliphatic heterocycles. The normalized spacial score (nSPS) is 11.4. The van der Waals surface area contributed by atoms with E-state index >= 15 is 0 Å². The maximum Gasteiger partial charge on any atom is 0.0547 e. The molecule has 2 nitrogen and oxygen atoms in total. The fourth-order valence-electron chi connectivity index (χ4n) is 9.78. The van der Waals surface area contributed by atoms with Crippen LogP contribution in [0.15, 0.2) is 255 Å². The molecule has 64 heavy (non-hydrogen) atoms. The molecule has 0 aliphatic carbocycles. The summed E-state index contributed by atoms with van der Waals surface area (Å²) >= 11 is 0. The molecule has 300 valence electrons. The van der Waals surface area contributed by atoms with Gasteiger partial charge in [0, 0.05) is 33.3 Å². The van der Waals surface area contributed by atoms with E-state index < -0.39 is 0 Å². The van der Waals surface area contributed by atoms with Crippen molar-refractivity contribution in [2.24, 2.45) is 0 Å². The molecule has 0 spiro atoms. The summed E-state index contributed by atoms with van der Waals surface area (Å²) in [5.41, 5.74) is 16.3. The summed E-state index contributed by atoms with van der Waals surface area (Å²) in [6.07, 6.45) is 0. The van der Waals surface area contributed by atoms with Gasteiger partial charge in [0.25, 0.3) is 0 Å². The molecule has 2 heteroatoms. The standard InChI is InChI=1S/C62H42N2/c1-3-16-43(17-4-1)44-30-36-50(37-31-44)63(58-28-13-11-25-55(58)54-27-15-22-46-20-7-9-23-52(46)54)51-38-32-45(33-39-51)49-35-40-60(57(42-49)47-18-5-2-6-19-47)64-59-29-14-12-26-56(59)62-53-24-10-8-21-48(53)34-41-61(62)64/h1-42H. The number of para-hydroxylation sites is 2. The predicted octanol–water partition coefficient (Wildman–Crippen LogP) is 17.2. The molecular weight excluding hydrogens is 773 g/mol. The number of fused-ring (bicyclic) bond motifs is 6. The lowest BCUT2D eigenvalue weighted by atomic mass is 9.95. The van der Waals surface area contributed by atoms with E-state index in [1.807, 2.05) is 0 Å². The van der Waals surface area contributed by atoms with Gasteiger partial charge in [0.1, 0.15) is 0 Å². The van der Waals surface area contributed by atoms with Gasteiger partial charge in [0.05, 0.1) is 22.4 Å². The SMILES string of the molecule is c1ccc(-c2ccc(N(c3ccc(-c4ccc(-n5c6ccccc6c6c7ccccc7ccc65)c(-c5ccccc5)c4)cc3)c3ccccc3-c3cccc4ccccc34)cc2)cc1. The molecule has 0 saturated heterocycles. The minimum Gasteiger partial charge on any atom is -0.310 e. The van der Waals surface area contributed by atoms with Gasteiger partial charge in [0.2, 0.25) is 0 Å². The van der Waals surface area contributed by atoms with Gasteiger partial charge in [-0.3, -0.25) is 0 Å². The molecular formula is C62H42N2. The fourth-order valence-corrected chi connectivity index (χ4v) is 9.78. The molecule has 0 amide bonds. The van der Waals surface area contributed by atoms with Gasteiger partial charge >= 0.3 is 0 Å². The average molecular weight is 815 g/mol.